The van der Waals surface area contributed by atoms with Gasteiger partial charge in [-0.05, 0) is 43.7 Å². The van der Waals surface area contributed by atoms with E-state index in [1.165, 1.54) is 10.5 Å². The van der Waals surface area contributed by atoms with Gasteiger partial charge in [0.25, 0.3) is 5.56 Å². The highest BCUT2D eigenvalue weighted by Crippen LogP contribution is 2.26. The molecule has 1 aromatic carbocycles. The summed E-state index contributed by atoms with van der Waals surface area (Å²) in [6, 6.07) is 18.7. The number of para-hydroxylation sites is 1. The predicted octanol–water partition coefficient (Wildman–Crippen LogP) is 3.62. The SMILES string of the molecule is Cc1cc(OCc2cc(=O)n3ccccc3n2)nc2c1c(C)nn2-c1ccccc1. The van der Waals surface area contributed by atoms with Crippen LogP contribution in [0.15, 0.2) is 71.7 Å². The van der Waals surface area contributed by atoms with E-state index in [9.17, 15) is 4.79 Å². The van der Waals surface area contributed by atoms with Crippen LogP contribution in [-0.4, -0.2) is 24.1 Å². The molecule has 0 radical (unpaired) electrons. The maximum atomic E-state index is 12.3. The van der Waals surface area contributed by atoms with Gasteiger partial charge in [-0.15, -0.1) is 0 Å². The number of fused-ring (bicyclic) bond motifs is 2. The molecule has 0 spiro atoms. The van der Waals surface area contributed by atoms with Crippen molar-refractivity contribution in [1.29, 1.82) is 0 Å². The van der Waals surface area contributed by atoms with Gasteiger partial charge in [0.2, 0.25) is 5.88 Å². The normalized spacial score (nSPS) is 11.3. The molecule has 4 aromatic heterocycles. The first-order valence-electron chi connectivity index (χ1n) is 9.63. The van der Waals surface area contributed by atoms with Crippen LogP contribution in [0.2, 0.25) is 0 Å². The van der Waals surface area contributed by atoms with Gasteiger partial charge in [-0.3, -0.25) is 9.20 Å². The van der Waals surface area contributed by atoms with Crippen molar-refractivity contribution in [1.82, 2.24) is 24.1 Å². The molecule has 30 heavy (non-hydrogen) atoms. The van der Waals surface area contributed by atoms with Crippen LogP contribution < -0.4 is 10.3 Å². The van der Waals surface area contributed by atoms with E-state index in [1.807, 2.05) is 61.0 Å². The van der Waals surface area contributed by atoms with Gasteiger partial charge < -0.3 is 4.74 Å². The number of aryl methyl sites for hydroxylation is 2. The van der Waals surface area contributed by atoms with Gasteiger partial charge in [0.15, 0.2) is 5.65 Å². The molecule has 4 heterocycles. The highest BCUT2D eigenvalue weighted by atomic mass is 16.5. The molecule has 0 saturated carbocycles. The Hall–Kier alpha value is -4.00. The Morgan fingerprint density at radius 2 is 1.77 bits per heavy atom. The molecule has 0 aliphatic rings. The zero-order valence-corrected chi connectivity index (χ0v) is 16.6. The Balaban J connectivity index is 1.52. The number of aromatic nitrogens is 5. The molecule has 5 rings (SSSR count). The molecular weight excluding hydrogens is 378 g/mol. The molecular formula is C23H19N5O2. The first-order chi connectivity index (χ1) is 14.6. The maximum Gasteiger partial charge on any atom is 0.258 e. The van der Waals surface area contributed by atoms with Crippen molar-refractivity contribution in [2.45, 2.75) is 20.5 Å². The van der Waals surface area contributed by atoms with Crippen LogP contribution in [-0.2, 0) is 6.61 Å². The van der Waals surface area contributed by atoms with Gasteiger partial charge in [-0.25, -0.2) is 9.67 Å². The molecule has 0 amide bonds. The lowest BCUT2D eigenvalue weighted by atomic mass is 10.2. The van der Waals surface area contributed by atoms with Gasteiger partial charge in [0.05, 0.1) is 17.1 Å². The number of benzene rings is 1. The molecule has 0 bridgehead atoms. The van der Waals surface area contributed by atoms with Crippen LogP contribution in [0.5, 0.6) is 5.88 Å². The second kappa shape index (κ2) is 7.11. The second-order valence-corrected chi connectivity index (χ2v) is 7.11. The van der Waals surface area contributed by atoms with Gasteiger partial charge in [0.1, 0.15) is 12.3 Å². The fourth-order valence-electron chi connectivity index (χ4n) is 3.62. The Morgan fingerprint density at radius 3 is 2.60 bits per heavy atom. The van der Waals surface area contributed by atoms with Crippen molar-refractivity contribution in [2.75, 3.05) is 0 Å². The molecule has 0 atom stereocenters. The summed E-state index contributed by atoms with van der Waals surface area (Å²) in [5.41, 5.74) is 4.61. The smallest absolute Gasteiger partial charge is 0.258 e. The minimum atomic E-state index is -0.142. The van der Waals surface area contributed by atoms with E-state index in [-0.39, 0.29) is 12.2 Å². The third-order valence-corrected chi connectivity index (χ3v) is 4.98. The fraction of sp³-hybridized carbons (Fsp3) is 0.130. The summed E-state index contributed by atoms with van der Waals surface area (Å²) in [6.45, 7) is 4.14. The van der Waals surface area contributed by atoms with Gasteiger partial charge >= 0.3 is 0 Å². The van der Waals surface area contributed by atoms with Crippen LogP contribution in [0.25, 0.3) is 22.4 Å². The van der Waals surface area contributed by atoms with Crippen molar-refractivity contribution in [3.63, 3.8) is 0 Å². The summed E-state index contributed by atoms with van der Waals surface area (Å²) in [4.78, 5) is 21.5. The third-order valence-electron chi connectivity index (χ3n) is 4.98. The summed E-state index contributed by atoms with van der Waals surface area (Å²) >= 11 is 0. The number of hydrogen-bond donors (Lipinski definition) is 0. The lowest BCUT2D eigenvalue weighted by Crippen LogP contribution is -2.16. The first kappa shape index (κ1) is 18.1. The van der Waals surface area contributed by atoms with Crippen LogP contribution in [0, 0.1) is 13.8 Å². The minimum absolute atomic E-state index is 0.142. The van der Waals surface area contributed by atoms with Crippen molar-refractivity contribution in [3.8, 4) is 11.6 Å². The van der Waals surface area contributed by atoms with Crippen LogP contribution in [0.4, 0.5) is 0 Å². The molecule has 5 aromatic rings. The highest BCUT2D eigenvalue weighted by molar-refractivity contribution is 5.83. The Bertz CT molecular complexity index is 1440. The van der Waals surface area contributed by atoms with E-state index in [4.69, 9.17) is 9.72 Å². The van der Waals surface area contributed by atoms with E-state index in [0.29, 0.717) is 17.2 Å². The number of rotatable bonds is 4. The van der Waals surface area contributed by atoms with Crippen LogP contribution in [0.1, 0.15) is 17.0 Å². The molecule has 0 saturated heterocycles. The summed E-state index contributed by atoms with van der Waals surface area (Å²) in [5.74, 6) is 0.465. The van der Waals surface area contributed by atoms with Crippen molar-refractivity contribution in [3.05, 3.63) is 94.2 Å². The summed E-state index contributed by atoms with van der Waals surface area (Å²) in [6.07, 6.45) is 1.70. The molecule has 7 nitrogen and oxygen atoms in total. The van der Waals surface area contributed by atoms with Gasteiger partial charge in [-0.2, -0.15) is 10.1 Å². The zero-order valence-electron chi connectivity index (χ0n) is 16.6. The molecule has 0 unspecified atom stereocenters. The molecule has 0 fully saturated rings. The average Bonchev–Trinajstić information content (AvgIpc) is 3.10. The molecule has 0 N–H and O–H groups in total. The van der Waals surface area contributed by atoms with E-state index < -0.39 is 0 Å². The molecule has 0 aliphatic carbocycles. The van der Waals surface area contributed by atoms with Crippen molar-refractivity contribution < 1.29 is 4.74 Å². The number of hydrogen-bond acceptors (Lipinski definition) is 5. The Morgan fingerprint density at radius 1 is 0.967 bits per heavy atom. The monoisotopic (exact) mass is 397 g/mol. The number of ether oxygens (including phenoxy) is 1. The Kier molecular flexibility index (Phi) is 4.28. The van der Waals surface area contributed by atoms with Crippen molar-refractivity contribution >= 4 is 16.7 Å². The fourth-order valence-corrected chi connectivity index (χ4v) is 3.62. The molecule has 148 valence electrons. The topological polar surface area (TPSA) is 74.3 Å². The van der Waals surface area contributed by atoms with E-state index >= 15 is 0 Å². The lowest BCUT2D eigenvalue weighted by molar-refractivity contribution is 0.290. The second-order valence-electron chi connectivity index (χ2n) is 7.11. The van der Waals surface area contributed by atoms with Crippen LogP contribution in [0.3, 0.4) is 0 Å². The predicted molar refractivity (Wildman–Crippen MR) is 114 cm³/mol. The highest BCUT2D eigenvalue weighted by Gasteiger charge is 2.15. The summed E-state index contributed by atoms with van der Waals surface area (Å²) < 4.78 is 9.25. The minimum Gasteiger partial charge on any atom is -0.471 e. The number of pyridine rings is 2. The summed E-state index contributed by atoms with van der Waals surface area (Å²) in [7, 11) is 0. The Labute approximate surface area is 172 Å². The van der Waals surface area contributed by atoms with E-state index in [0.717, 1.165) is 28.0 Å². The molecule has 7 heteroatoms. The maximum absolute atomic E-state index is 12.3. The van der Waals surface area contributed by atoms with Gasteiger partial charge in [-0.1, -0.05) is 24.3 Å². The average molecular weight is 397 g/mol. The van der Waals surface area contributed by atoms with E-state index in [1.54, 1.807) is 18.3 Å². The van der Waals surface area contributed by atoms with Crippen molar-refractivity contribution in [2.24, 2.45) is 0 Å². The number of nitrogens with zero attached hydrogens (tertiary/aromatic N) is 5. The molecule has 0 aliphatic heterocycles. The van der Waals surface area contributed by atoms with E-state index in [2.05, 4.69) is 10.1 Å². The zero-order chi connectivity index (χ0) is 20.7. The van der Waals surface area contributed by atoms with Crippen LogP contribution >= 0.6 is 0 Å². The largest absolute Gasteiger partial charge is 0.471 e. The quantitative estimate of drug-likeness (QED) is 0.463. The van der Waals surface area contributed by atoms with Gasteiger partial charge in [0, 0.05) is 23.7 Å². The lowest BCUT2D eigenvalue weighted by Gasteiger charge is -2.09. The standard InChI is InChI=1S/C23H19N5O2/c1-15-12-20(30-14-17-13-21(29)27-11-7-6-10-19(27)24-17)25-23-22(15)16(2)26-28(23)18-8-4-3-5-9-18/h3-13H,14H2,1-2H3. The third kappa shape index (κ3) is 3.10. The first-order valence-corrected chi connectivity index (χ1v) is 9.63. The summed E-state index contributed by atoms with van der Waals surface area (Å²) in [5, 5.41) is 5.68.